The summed E-state index contributed by atoms with van der Waals surface area (Å²) in [4.78, 5) is 28.8. The number of rotatable bonds is 5. The molecule has 2 amide bonds. The Bertz CT molecular complexity index is 1150. The first kappa shape index (κ1) is 20.6. The van der Waals surface area contributed by atoms with Crippen molar-refractivity contribution in [2.75, 3.05) is 11.9 Å². The molecule has 8 nitrogen and oxygen atoms in total. The lowest BCUT2D eigenvalue weighted by Crippen LogP contribution is -2.29. The highest BCUT2D eigenvalue weighted by Gasteiger charge is 2.21. The van der Waals surface area contributed by atoms with E-state index in [2.05, 4.69) is 40.6 Å². The predicted octanol–water partition coefficient (Wildman–Crippen LogP) is 3.52. The van der Waals surface area contributed by atoms with Gasteiger partial charge in [-0.05, 0) is 49.1 Å². The molecule has 4 rings (SSSR count). The van der Waals surface area contributed by atoms with Crippen LogP contribution >= 0.6 is 0 Å². The average molecular weight is 419 g/mol. The van der Waals surface area contributed by atoms with Crippen molar-refractivity contribution < 1.29 is 14.3 Å². The zero-order valence-electron chi connectivity index (χ0n) is 18.0. The number of amides is 2. The minimum atomic E-state index is -0.366. The SMILES string of the molecule is Cc1nc(C(=O)NC(C)c2ccc3c(c2)NC(=O)CO3)nn1-c1ccccc1C(C)C. The molecule has 0 bridgehead atoms. The number of hydrogen-bond donors (Lipinski definition) is 2. The van der Waals surface area contributed by atoms with Gasteiger partial charge in [-0.1, -0.05) is 38.1 Å². The van der Waals surface area contributed by atoms with Crippen LogP contribution in [0.3, 0.4) is 0 Å². The van der Waals surface area contributed by atoms with Gasteiger partial charge in [0.15, 0.2) is 6.61 Å². The molecule has 8 heteroatoms. The molecule has 31 heavy (non-hydrogen) atoms. The molecule has 1 atom stereocenters. The molecule has 2 heterocycles. The first-order valence-electron chi connectivity index (χ1n) is 10.2. The topological polar surface area (TPSA) is 98.1 Å². The second-order valence-corrected chi connectivity index (χ2v) is 7.90. The third-order valence-corrected chi connectivity index (χ3v) is 5.24. The lowest BCUT2D eigenvalue weighted by atomic mass is 10.0. The number of fused-ring (bicyclic) bond motifs is 1. The Morgan fingerprint density at radius 1 is 1.19 bits per heavy atom. The molecular formula is C23H25N5O3. The summed E-state index contributed by atoms with van der Waals surface area (Å²) in [5.74, 6) is 1.10. The molecule has 1 aromatic heterocycles. The standard InChI is InChI=1S/C23H25N5O3/c1-13(2)17-7-5-6-8-19(17)28-15(4)25-22(27-28)23(30)24-14(3)16-9-10-20-18(11-16)26-21(29)12-31-20/h5-11,13-14H,12H2,1-4H3,(H,24,30)(H,26,29). The molecule has 2 aromatic carbocycles. The van der Waals surface area contributed by atoms with E-state index >= 15 is 0 Å². The minimum absolute atomic E-state index is 0.00620. The van der Waals surface area contributed by atoms with Gasteiger partial charge in [0.2, 0.25) is 5.82 Å². The first-order valence-corrected chi connectivity index (χ1v) is 10.2. The average Bonchev–Trinajstić information content (AvgIpc) is 3.14. The van der Waals surface area contributed by atoms with Gasteiger partial charge in [-0.2, -0.15) is 0 Å². The maximum absolute atomic E-state index is 12.8. The smallest absolute Gasteiger partial charge is 0.291 e. The maximum Gasteiger partial charge on any atom is 0.291 e. The van der Waals surface area contributed by atoms with Crippen LogP contribution in [0.2, 0.25) is 0 Å². The predicted molar refractivity (Wildman–Crippen MR) is 117 cm³/mol. The highest BCUT2D eigenvalue weighted by atomic mass is 16.5. The molecule has 0 saturated carbocycles. The van der Waals surface area contributed by atoms with Crippen molar-refractivity contribution in [1.29, 1.82) is 0 Å². The van der Waals surface area contributed by atoms with Crippen LogP contribution in [0.4, 0.5) is 5.69 Å². The van der Waals surface area contributed by atoms with Crippen LogP contribution < -0.4 is 15.4 Å². The number of benzene rings is 2. The molecule has 160 valence electrons. The Hall–Kier alpha value is -3.68. The van der Waals surface area contributed by atoms with Crippen LogP contribution in [0.25, 0.3) is 5.69 Å². The van der Waals surface area contributed by atoms with Gasteiger partial charge in [-0.25, -0.2) is 9.67 Å². The van der Waals surface area contributed by atoms with Crippen molar-refractivity contribution in [2.24, 2.45) is 0 Å². The minimum Gasteiger partial charge on any atom is -0.482 e. The van der Waals surface area contributed by atoms with E-state index in [1.807, 2.05) is 38.1 Å². The highest BCUT2D eigenvalue weighted by molar-refractivity contribution is 5.95. The number of hydrogen-bond acceptors (Lipinski definition) is 5. The van der Waals surface area contributed by atoms with Crippen LogP contribution in [0.15, 0.2) is 42.5 Å². The van der Waals surface area contributed by atoms with E-state index in [-0.39, 0.29) is 30.3 Å². The van der Waals surface area contributed by atoms with Crippen molar-refractivity contribution in [2.45, 2.75) is 39.7 Å². The highest BCUT2D eigenvalue weighted by Crippen LogP contribution is 2.30. The van der Waals surface area contributed by atoms with Crippen LogP contribution in [0.5, 0.6) is 5.75 Å². The second kappa shape index (κ2) is 8.22. The number of aryl methyl sites for hydroxylation is 1. The third kappa shape index (κ3) is 4.14. The maximum atomic E-state index is 12.8. The summed E-state index contributed by atoms with van der Waals surface area (Å²) in [5, 5.41) is 10.2. The number of para-hydroxylation sites is 1. The van der Waals surface area contributed by atoms with Gasteiger partial charge in [0.1, 0.15) is 11.6 Å². The Morgan fingerprint density at radius 2 is 1.97 bits per heavy atom. The van der Waals surface area contributed by atoms with Crippen LogP contribution in [0, 0.1) is 6.92 Å². The Balaban J connectivity index is 1.54. The molecule has 0 aliphatic carbocycles. The van der Waals surface area contributed by atoms with Gasteiger partial charge >= 0.3 is 0 Å². The summed E-state index contributed by atoms with van der Waals surface area (Å²) >= 11 is 0. The zero-order valence-corrected chi connectivity index (χ0v) is 18.0. The molecule has 3 aromatic rings. The van der Waals surface area contributed by atoms with E-state index < -0.39 is 0 Å². The summed E-state index contributed by atoms with van der Waals surface area (Å²) < 4.78 is 7.09. The second-order valence-electron chi connectivity index (χ2n) is 7.90. The monoisotopic (exact) mass is 419 g/mol. The molecule has 0 radical (unpaired) electrons. The van der Waals surface area contributed by atoms with Crippen molar-refractivity contribution >= 4 is 17.5 Å². The molecule has 0 spiro atoms. The van der Waals surface area contributed by atoms with E-state index in [1.54, 1.807) is 16.8 Å². The fraction of sp³-hybridized carbons (Fsp3) is 0.304. The van der Waals surface area contributed by atoms with E-state index in [0.717, 1.165) is 16.8 Å². The summed E-state index contributed by atoms with van der Waals surface area (Å²) in [7, 11) is 0. The van der Waals surface area contributed by atoms with Crippen LogP contribution in [-0.4, -0.2) is 33.2 Å². The van der Waals surface area contributed by atoms with Crippen LogP contribution in [0.1, 0.15) is 60.3 Å². The number of nitrogens with zero attached hydrogens (tertiary/aromatic N) is 3. The van der Waals surface area contributed by atoms with Crippen molar-refractivity contribution in [3.05, 3.63) is 65.2 Å². The van der Waals surface area contributed by atoms with Crippen molar-refractivity contribution in [3.8, 4) is 11.4 Å². The largest absolute Gasteiger partial charge is 0.482 e. The van der Waals surface area contributed by atoms with Gasteiger partial charge in [-0.3, -0.25) is 9.59 Å². The number of anilines is 1. The summed E-state index contributed by atoms with van der Waals surface area (Å²) in [6.45, 7) is 7.94. The van der Waals surface area contributed by atoms with E-state index in [9.17, 15) is 9.59 Å². The molecule has 1 aliphatic heterocycles. The normalized spacial score (nSPS) is 13.9. The Labute approximate surface area is 180 Å². The van der Waals surface area contributed by atoms with Crippen LogP contribution in [-0.2, 0) is 4.79 Å². The fourth-order valence-corrected chi connectivity index (χ4v) is 3.60. The van der Waals surface area contributed by atoms with Crippen molar-refractivity contribution in [1.82, 2.24) is 20.1 Å². The summed E-state index contributed by atoms with van der Waals surface area (Å²) in [5.41, 5.74) is 3.48. The van der Waals surface area contributed by atoms with Gasteiger partial charge in [-0.15, -0.1) is 5.10 Å². The van der Waals surface area contributed by atoms with Gasteiger partial charge < -0.3 is 15.4 Å². The lowest BCUT2D eigenvalue weighted by Gasteiger charge is -2.20. The number of nitrogens with one attached hydrogen (secondary N) is 2. The molecule has 0 saturated heterocycles. The Kier molecular flexibility index (Phi) is 5.46. The summed E-state index contributed by atoms with van der Waals surface area (Å²) in [6.07, 6.45) is 0. The third-order valence-electron chi connectivity index (χ3n) is 5.24. The molecule has 1 unspecified atom stereocenters. The number of aromatic nitrogens is 3. The van der Waals surface area contributed by atoms with E-state index in [4.69, 9.17) is 4.74 Å². The number of carbonyl (C=O) groups is 2. The zero-order chi connectivity index (χ0) is 22.1. The molecule has 0 fully saturated rings. The van der Waals surface area contributed by atoms with E-state index in [1.165, 1.54) is 0 Å². The molecular weight excluding hydrogens is 394 g/mol. The van der Waals surface area contributed by atoms with Gasteiger partial charge in [0, 0.05) is 0 Å². The fourth-order valence-electron chi connectivity index (χ4n) is 3.60. The first-order chi connectivity index (χ1) is 14.8. The van der Waals surface area contributed by atoms with Crippen molar-refractivity contribution in [3.63, 3.8) is 0 Å². The molecule has 1 aliphatic rings. The summed E-state index contributed by atoms with van der Waals surface area (Å²) in [6, 6.07) is 13.1. The lowest BCUT2D eigenvalue weighted by molar-refractivity contribution is -0.118. The number of carbonyl (C=O) groups excluding carboxylic acids is 2. The van der Waals surface area contributed by atoms with E-state index in [0.29, 0.717) is 23.2 Å². The van der Waals surface area contributed by atoms with Gasteiger partial charge in [0.25, 0.3) is 11.8 Å². The number of ether oxygens (including phenoxy) is 1. The van der Waals surface area contributed by atoms with Gasteiger partial charge in [0.05, 0.1) is 17.4 Å². The quantitative estimate of drug-likeness (QED) is 0.659. The Morgan fingerprint density at radius 3 is 2.74 bits per heavy atom. The molecule has 2 N–H and O–H groups in total.